The molecule has 1 saturated carbocycles. The van der Waals surface area contributed by atoms with E-state index in [9.17, 15) is 19.5 Å². The van der Waals surface area contributed by atoms with Crippen LogP contribution in [0.1, 0.15) is 55.8 Å². The maximum absolute atomic E-state index is 12.5. The van der Waals surface area contributed by atoms with Crippen LogP contribution in [0, 0.1) is 5.92 Å². The van der Waals surface area contributed by atoms with E-state index in [0.717, 1.165) is 38.5 Å². The summed E-state index contributed by atoms with van der Waals surface area (Å²) in [4.78, 5) is 45.6. The average Bonchev–Trinajstić information content (AvgIpc) is 3.39. The average molecular weight is 482 g/mol. The molecule has 0 spiro atoms. The molecule has 0 atom stereocenters. The predicted octanol–water partition coefficient (Wildman–Crippen LogP) is 3.10. The molecule has 188 valence electrons. The van der Waals surface area contributed by atoms with Crippen molar-refractivity contribution in [2.24, 2.45) is 5.92 Å². The number of hydrogen-bond donors (Lipinski definition) is 3. The Balaban J connectivity index is 1.44. The summed E-state index contributed by atoms with van der Waals surface area (Å²) in [5, 5.41) is 16.3. The Morgan fingerprint density at radius 2 is 1.83 bits per heavy atom. The Morgan fingerprint density at radius 1 is 1.09 bits per heavy atom. The number of unbranched alkanes of at least 4 members (excludes halogenated alkanes) is 1. The van der Waals surface area contributed by atoms with Gasteiger partial charge in [-0.1, -0.05) is 26.2 Å². The van der Waals surface area contributed by atoms with Gasteiger partial charge in [0.15, 0.2) is 0 Å². The molecule has 0 radical (unpaired) electrons. The smallest absolute Gasteiger partial charge is 0.336 e. The molecule has 1 aromatic carbocycles. The van der Waals surface area contributed by atoms with Crippen LogP contribution >= 0.6 is 0 Å². The van der Waals surface area contributed by atoms with Crippen molar-refractivity contribution in [2.75, 3.05) is 49.5 Å². The van der Waals surface area contributed by atoms with Crippen LogP contribution in [-0.4, -0.2) is 72.0 Å². The highest BCUT2D eigenvalue weighted by Gasteiger charge is 2.24. The van der Waals surface area contributed by atoms with Crippen molar-refractivity contribution in [3.05, 3.63) is 29.8 Å². The molecular formula is C26H35N5O4. The molecule has 2 fully saturated rings. The maximum atomic E-state index is 12.5. The van der Waals surface area contributed by atoms with Gasteiger partial charge >= 0.3 is 5.97 Å². The number of carboxylic acid groups (broad SMARTS) is 1. The number of aromatic carboxylic acids is 1. The van der Waals surface area contributed by atoms with Crippen LogP contribution in [0.5, 0.6) is 0 Å². The minimum atomic E-state index is -1.03. The van der Waals surface area contributed by atoms with Gasteiger partial charge in [0.1, 0.15) is 5.82 Å². The van der Waals surface area contributed by atoms with E-state index in [1.165, 1.54) is 0 Å². The number of nitrogens with zero attached hydrogens (tertiary/aromatic N) is 3. The van der Waals surface area contributed by atoms with Gasteiger partial charge in [0, 0.05) is 49.7 Å². The third-order valence-electron chi connectivity index (χ3n) is 6.94. The Morgan fingerprint density at radius 3 is 2.51 bits per heavy atom. The first-order valence-electron chi connectivity index (χ1n) is 12.7. The van der Waals surface area contributed by atoms with Crippen molar-refractivity contribution < 1.29 is 19.5 Å². The van der Waals surface area contributed by atoms with Gasteiger partial charge in [-0.2, -0.15) is 0 Å². The third kappa shape index (κ3) is 6.28. The molecule has 2 heterocycles. The zero-order chi connectivity index (χ0) is 24.8. The largest absolute Gasteiger partial charge is 0.478 e. The predicted molar refractivity (Wildman–Crippen MR) is 136 cm³/mol. The summed E-state index contributed by atoms with van der Waals surface area (Å²) >= 11 is 0. The topological polar surface area (TPSA) is 115 Å². The van der Waals surface area contributed by atoms with E-state index < -0.39 is 5.97 Å². The van der Waals surface area contributed by atoms with Gasteiger partial charge in [0.05, 0.1) is 17.6 Å². The van der Waals surface area contributed by atoms with E-state index in [0.29, 0.717) is 61.7 Å². The SMILES string of the molecule is CCCCNC(=O)CN1CCN(c2cc(C(=O)O)c3cc(NC(=O)C4CCCC4)ccc3n2)CC1. The molecule has 2 amide bonds. The lowest BCUT2D eigenvalue weighted by Gasteiger charge is -2.35. The summed E-state index contributed by atoms with van der Waals surface area (Å²) in [6.45, 7) is 5.91. The molecule has 2 aliphatic rings. The zero-order valence-corrected chi connectivity index (χ0v) is 20.4. The standard InChI is InChI=1S/C26H35N5O4/c1-2-3-10-27-24(32)17-30-11-13-31(14-12-30)23-16-21(26(34)35)20-15-19(8-9-22(20)29-23)28-25(33)18-6-4-5-7-18/h8-9,15-16,18H,2-7,10-14,17H2,1H3,(H,27,32)(H,28,33)(H,34,35). The lowest BCUT2D eigenvalue weighted by atomic mass is 10.1. The molecular weight excluding hydrogens is 446 g/mol. The molecule has 2 aromatic rings. The zero-order valence-electron chi connectivity index (χ0n) is 20.4. The highest BCUT2D eigenvalue weighted by Crippen LogP contribution is 2.29. The molecule has 1 aromatic heterocycles. The van der Waals surface area contributed by atoms with Crippen molar-refractivity contribution in [1.29, 1.82) is 0 Å². The van der Waals surface area contributed by atoms with Crippen LogP contribution in [0.25, 0.3) is 10.9 Å². The second-order valence-corrected chi connectivity index (χ2v) is 9.50. The molecule has 1 saturated heterocycles. The van der Waals surface area contributed by atoms with Gasteiger partial charge < -0.3 is 20.6 Å². The van der Waals surface area contributed by atoms with E-state index in [-0.39, 0.29) is 23.3 Å². The number of benzene rings is 1. The third-order valence-corrected chi connectivity index (χ3v) is 6.94. The van der Waals surface area contributed by atoms with Crippen molar-refractivity contribution in [1.82, 2.24) is 15.2 Å². The number of hydrogen-bond acceptors (Lipinski definition) is 6. The van der Waals surface area contributed by atoms with E-state index in [1.807, 2.05) is 0 Å². The van der Waals surface area contributed by atoms with Crippen LogP contribution in [0.4, 0.5) is 11.5 Å². The molecule has 4 rings (SSSR count). The number of amides is 2. The number of pyridine rings is 1. The highest BCUT2D eigenvalue weighted by molar-refractivity contribution is 6.05. The Labute approximate surface area is 205 Å². The van der Waals surface area contributed by atoms with Crippen LogP contribution in [0.2, 0.25) is 0 Å². The number of nitrogens with one attached hydrogen (secondary N) is 2. The molecule has 0 bridgehead atoms. The molecule has 9 heteroatoms. The fourth-order valence-electron chi connectivity index (χ4n) is 4.86. The molecule has 9 nitrogen and oxygen atoms in total. The molecule has 1 aliphatic heterocycles. The summed E-state index contributed by atoms with van der Waals surface area (Å²) in [6.07, 6.45) is 5.99. The number of aromatic nitrogens is 1. The lowest BCUT2D eigenvalue weighted by Crippen LogP contribution is -2.49. The van der Waals surface area contributed by atoms with Crippen LogP contribution < -0.4 is 15.5 Å². The summed E-state index contributed by atoms with van der Waals surface area (Å²) in [6, 6.07) is 6.87. The van der Waals surface area contributed by atoms with Crippen molar-refractivity contribution >= 4 is 40.2 Å². The van der Waals surface area contributed by atoms with E-state index in [1.54, 1.807) is 24.3 Å². The number of carbonyl (C=O) groups is 3. The first kappa shape index (κ1) is 24.9. The molecule has 3 N–H and O–H groups in total. The number of carboxylic acids is 1. The fourth-order valence-corrected chi connectivity index (χ4v) is 4.86. The second kappa shape index (κ2) is 11.5. The number of piperazine rings is 1. The normalized spacial score (nSPS) is 17.0. The minimum absolute atomic E-state index is 0.000204. The van der Waals surface area contributed by atoms with E-state index >= 15 is 0 Å². The summed E-state index contributed by atoms with van der Waals surface area (Å²) in [7, 11) is 0. The summed E-state index contributed by atoms with van der Waals surface area (Å²) < 4.78 is 0. The number of rotatable bonds is 9. The molecule has 1 aliphatic carbocycles. The van der Waals surface area contributed by atoms with Crippen LogP contribution in [0.3, 0.4) is 0 Å². The van der Waals surface area contributed by atoms with Gasteiger partial charge in [-0.15, -0.1) is 0 Å². The minimum Gasteiger partial charge on any atom is -0.478 e. The van der Waals surface area contributed by atoms with Gasteiger partial charge in [0.25, 0.3) is 0 Å². The number of carbonyl (C=O) groups excluding carboxylic acids is 2. The Bertz CT molecular complexity index is 1070. The van der Waals surface area contributed by atoms with Gasteiger partial charge in [-0.25, -0.2) is 9.78 Å². The molecule has 0 unspecified atom stereocenters. The van der Waals surface area contributed by atoms with Crippen LogP contribution in [-0.2, 0) is 9.59 Å². The van der Waals surface area contributed by atoms with E-state index in [4.69, 9.17) is 4.98 Å². The van der Waals surface area contributed by atoms with Crippen molar-refractivity contribution in [2.45, 2.75) is 45.4 Å². The molecule has 35 heavy (non-hydrogen) atoms. The maximum Gasteiger partial charge on any atom is 0.336 e. The monoisotopic (exact) mass is 481 g/mol. The van der Waals surface area contributed by atoms with E-state index in [2.05, 4.69) is 27.4 Å². The van der Waals surface area contributed by atoms with Gasteiger partial charge in [-0.05, 0) is 43.5 Å². The first-order valence-corrected chi connectivity index (χ1v) is 12.7. The second-order valence-electron chi connectivity index (χ2n) is 9.50. The summed E-state index contributed by atoms with van der Waals surface area (Å²) in [5.74, 6) is -0.337. The van der Waals surface area contributed by atoms with Crippen LogP contribution in [0.15, 0.2) is 24.3 Å². The lowest BCUT2D eigenvalue weighted by molar-refractivity contribution is -0.122. The summed E-state index contributed by atoms with van der Waals surface area (Å²) in [5.41, 5.74) is 1.34. The van der Waals surface area contributed by atoms with Gasteiger partial charge in [-0.3, -0.25) is 14.5 Å². The van der Waals surface area contributed by atoms with Crippen molar-refractivity contribution in [3.63, 3.8) is 0 Å². The fraction of sp³-hybridized carbons (Fsp3) is 0.538. The van der Waals surface area contributed by atoms with Crippen molar-refractivity contribution in [3.8, 4) is 0 Å². The highest BCUT2D eigenvalue weighted by atomic mass is 16.4. The quantitative estimate of drug-likeness (QED) is 0.472. The van der Waals surface area contributed by atoms with Gasteiger partial charge in [0.2, 0.25) is 11.8 Å². The number of fused-ring (bicyclic) bond motifs is 1. The number of anilines is 2. The Kier molecular flexibility index (Phi) is 8.17. The first-order chi connectivity index (χ1) is 16.9. The Hall–Kier alpha value is -3.20.